The number of hydrogen-bond donors (Lipinski definition) is 1. The maximum absolute atomic E-state index is 11.8. The molecule has 4 heteroatoms. The molecule has 0 aromatic heterocycles. The zero-order valence-electron chi connectivity index (χ0n) is 11.2. The maximum Gasteiger partial charge on any atom is 0.152 e. The summed E-state index contributed by atoms with van der Waals surface area (Å²) in [6.45, 7) is 3.98. The number of benzene rings is 1. The van der Waals surface area contributed by atoms with Crippen LogP contribution in [-0.4, -0.2) is 26.0 Å². The molecule has 0 radical (unpaired) electrons. The Balaban J connectivity index is 2.54. The predicted octanol–water partition coefficient (Wildman–Crippen LogP) is 2.02. The van der Waals surface area contributed by atoms with E-state index in [0.717, 1.165) is 6.42 Å². The second-order valence-electron chi connectivity index (χ2n) is 5.00. The minimum Gasteiger partial charge on any atom is -0.330 e. The third kappa shape index (κ3) is 4.78. The van der Waals surface area contributed by atoms with Gasteiger partial charge in [-0.3, -0.25) is 0 Å². The molecule has 0 aliphatic heterocycles. The van der Waals surface area contributed by atoms with E-state index in [1.807, 2.05) is 18.2 Å². The molecule has 1 aromatic carbocycles. The van der Waals surface area contributed by atoms with Crippen LogP contribution in [0.25, 0.3) is 0 Å². The van der Waals surface area contributed by atoms with Crippen LogP contribution in [0.4, 0.5) is 0 Å². The van der Waals surface area contributed by atoms with E-state index in [9.17, 15) is 8.42 Å². The van der Waals surface area contributed by atoms with Crippen molar-refractivity contribution in [2.45, 2.75) is 31.9 Å². The van der Waals surface area contributed by atoms with Crippen LogP contribution < -0.4 is 5.73 Å². The van der Waals surface area contributed by atoms with Gasteiger partial charge in [-0.2, -0.15) is 0 Å². The maximum atomic E-state index is 11.8. The molecule has 18 heavy (non-hydrogen) atoms. The van der Waals surface area contributed by atoms with Gasteiger partial charge in [0.15, 0.2) is 9.84 Å². The molecular formula is C14H23NO2S. The van der Waals surface area contributed by atoms with Gasteiger partial charge in [0.05, 0.1) is 11.0 Å². The Morgan fingerprint density at radius 3 is 2.28 bits per heavy atom. The fourth-order valence-corrected chi connectivity index (χ4v) is 2.95. The molecule has 0 amide bonds. The lowest BCUT2D eigenvalue weighted by atomic mass is 9.97. The summed E-state index contributed by atoms with van der Waals surface area (Å²) in [5.41, 5.74) is 6.95. The van der Waals surface area contributed by atoms with Crippen molar-refractivity contribution in [3.63, 3.8) is 0 Å². The van der Waals surface area contributed by atoms with Gasteiger partial charge in [-0.05, 0) is 44.7 Å². The molecule has 0 saturated heterocycles. The fraction of sp³-hybridized carbons (Fsp3) is 0.571. The van der Waals surface area contributed by atoms with Crippen LogP contribution in [0.2, 0.25) is 0 Å². The number of hydrogen-bond acceptors (Lipinski definition) is 3. The molecule has 0 aliphatic carbocycles. The Hall–Kier alpha value is -0.870. The van der Waals surface area contributed by atoms with E-state index < -0.39 is 9.84 Å². The summed E-state index contributed by atoms with van der Waals surface area (Å²) >= 11 is 0. The van der Waals surface area contributed by atoms with E-state index >= 15 is 0 Å². The van der Waals surface area contributed by atoms with Crippen molar-refractivity contribution in [3.8, 4) is 0 Å². The van der Waals surface area contributed by atoms with E-state index in [1.54, 1.807) is 13.8 Å². The van der Waals surface area contributed by atoms with Crippen LogP contribution in [0.3, 0.4) is 0 Å². The Morgan fingerprint density at radius 1 is 1.17 bits per heavy atom. The summed E-state index contributed by atoms with van der Waals surface area (Å²) in [6, 6.07) is 10.1. The van der Waals surface area contributed by atoms with E-state index in [4.69, 9.17) is 5.73 Å². The molecule has 102 valence electrons. The van der Waals surface area contributed by atoms with E-state index in [2.05, 4.69) is 12.1 Å². The average molecular weight is 269 g/mol. The van der Waals surface area contributed by atoms with E-state index in [1.165, 1.54) is 5.56 Å². The largest absolute Gasteiger partial charge is 0.330 e. The van der Waals surface area contributed by atoms with E-state index in [0.29, 0.717) is 13.0 Å². The SMILES string of the molecule is CC(C)S(=O)(=O)CCC(CN)Cc1ccccc1. The summed E-state index contributed by atoms with van der Waals surface area (Å²) < 4.78 is 23.5. The topological polar surface area (TPSA) is 60.2 Å². The Morgan fingerprint density at radius 2 is 1.78 bits per heavy atom. The van der Waals surface area contributed by atoms with Gasteiger partial charge in [-0.1, -0.05) is 30.3 Å². The lowest BCUT2D eigenvalue weighted by Crippen LogP contribution is -2.24. The minimum absolute atomic E-state index is 0.235. The predicted molar refractivity (Wildman–Crippen MR) is 76.2 cm³/mol. The molecule has 0 heterocycles. The highest BCUT2D eigenvalue weighted by molar-refractivity contribution is 7.91. The summed E-state index contributed by atoms with van der Waals surface area (Å²) in [5.74, 6) is 0.472. The van der Waals surface area contributed by atoms with Gasteiger partial charge in [-0.15, -0.1) is 0 Å². The first kappa shape index (κ1) is 15.2. The highest BCUT2D eigenvalue weighted by Gasteiger charge is 2.18. The quantitative estimate of drug-likeness (QED) is 0.824. The fourth-order valence-electron chi connectivity index (χ4n) is 1.82. The third-order valence-corrected chi connectivity index (χ3v) is 5.47. The second-order valence-corrected chi connectivity index (χ2v) is 7.67. The molecule has 0 fully saturated rings. The van der Waals surface area contributed by atoms with Crippen LogP contribution in [0.1, 0.15) is 25.8 Å². The molecule has 2 N–H and O–H groups in total. The smallest absolute Gasteiger partial charge is 0.152 e. The number of nitrogens with two attached hydrogens (primary N) is 1. The number of rotatable bonds is 7. The summed E-state index contributed by atoms with van der Waals surface area (Å²) in [6.07, 6.45) is 1.50. The van der Waals surface area contributed by atoms with Gasteiger partial charge in [0.2, 0.25) is 0 Å². The van der Waals surface area contributed by atoms with Crippen LogP contribution >= 0.6 is 0 Å². The first-order chi connectivity index (χ1) is 8.45. The molecule has 0 spiro atoms. The Kier molecular flexibility index (Phi) is 5.82. The van der Waals surface area contributed by atoms with Crippen molar-refractivity contribution in [2.75, 3.05) is 12.3 Å². The summed E-state index contributed by atoms with van der Waals surface area (Å²) in [7, 11) is -2.95. The van der Waals surface area contributed by atoms with Gasteiger partial charge >= 0.3 is 0 Å². The lowest BCUT2D eigenvalue weighted by Gasteiger charge is -2.16. The van der Waals surface area contributed by atoms with Gasteiger partial charge < -0.3 is 5.73 Å². The molecule has 1 aromatic rings. The highest BCUT2D eigenvalue weighted by Crippen LogP contribution is 2.14. The minimum atomic E-state index is -2.95. The van der Waals surface area contributed by atoms with Gasteiger partial charge in [0.25, 0.3) is 0 Å². The molecule has 1 rings (SSSR count). The van der Waals surface area contributed by atoms with Gasteiger partial charge in [0, 0.05) is 0 Å². The zero-order valence-corrected chi connectivity index (χ0v) is 12.0. The van der Waals surface area contributed by atoms with Crippen LogP contribution in [-0.2, 0) is 16.3 Å². The molecule has 0 aliphatic rings. The van der Waals surface area contributed by atoms with Crippen LogP contribution in [0, 0.1) is 5.92 Å². The van der Waals surface area contributed by atoms with Crippen molar-refractivity contribution in [3.05, 3.63) is 35.9 Å². The third-order valence-electron chi connectivity index (χ3n) is 3.23. The van der Waals surface area contributed by atoms with Crippen molar-refractivity contribution in [1.82, 2.24) is 0 Å². The Bertz CT molecular complexity index is 440. The van der Waals surface area contributed by atoms with E-state index in [-0.39, 0.29) is 16.9 Å². The molecular weight excluding hydrogens is 246 g/mol. The lowest BCUT2D eigenvalue weighted by molar-refractivity contribution is 0.509. The molecule has 1 unspecified atom stereocenters. The van der Waals surface area contributed by atoms with Crippen LogP contribution in [0.15, 0.2) is 30.3 Å². The Labute approximate surface area is 110 Å². The molecule has 3 nitrogen and oxygen atoms in total. The molecule has 1 atom stereocenters. The van der Waals surface area contributed by atoms with Crippen molar-refractivity contribution in [1.29, 1.82) is 0 Å². The van der Waals surface area contributed by atoms with Crippen molar-refractivity contribution < 1.29 is 8.42 Å². The average Bonchev–Trinajstić information content (AvgIpc) is 2.35. The van der Waals surface area contributed by atoms with Gasteiger partial charge in [-0.25, -0.2) is 8.42 Å². The normalized spacial score (nSPS) is 13.8. The highest BCUT2D eigenvalue weighted by atomic mass is 32.2. The van der Waals surface area contributed by atoms with Crippen molar-refractivity contribution >= 4 is 9.84 Å². The first-order valence-corrected chi connectivity index (χ1v) is 8.13. The van der Waals surface area contributed by atoms with Gasteiger partial charge in [0.1, 0.15) is 0 Å². The first-order valence-electron chi connectivity index (χ1n) is 6.41. The molecule has 0 bridgehead atoms. The van der Waals surface area contributed by atoms with Crippen molar-refractivity contribution in [2.24, 2.45) is 11.7 Å². The standard InChI is InChI=1S/C14H23NO2S/c1-12(2)18(16,17)9-8-14(11-15)10-13-6-4-3-5-7-13/h3-7,12,14H,8-11,15H2,1-2H3. The van der Waals surface area contributed by atoms with Crippen LogP contribution in [0.5, 0.6) is 0 Å². The molecule has 0 saturated carbocycles. The summed E-state index contributed by atoms with van der Waals surface area (Å²) in [4.78, 5) is 0. The zero-order chi connectivity index (χ0) is 13.6. The monoisotopic (exact) mass is 269 g/mol. The summed E-state index contributed by atoms with van der Waals surface area (Å²) in [5, 5.41) is -0.298. The number of sulfone groups is 1. The second kappa shape index (κ2) is 6.90.